The van der Waals surface area contributed by atoms with Gasteiger partial charge in [-0.2, -0.15) is 0 Å². The average molecular weight is 328 g/mol. The van der Waals surface area contributed by atoms with E-state index in [9.17, 15) is 23.3 Å². The minimum atomic E-state index is -3.11. The van der Waals surface area contributed by atoms with Crippen molar-refractivity contribution >= 4 is 21.5 Å². The Morgan fingerprint density at radius 3 is 2.45 bits per heavy atom. The van der Waals surface area contributed by atoms with Gasteiger partial charge in [0.15, 0.2) is 9.84 Å². The Hall–Kier alpha value is -2.00. The average Bonchev–Trinajstić information content (AvgIpc) is 2.78. The Bertz CT molecular complexity index is 670. The Kier molecular flexibility index (Phi) is 4.77. The SMILES string of the molecule is O=C(O)CN(Cc1ccc([N+](=O)[O-])cc1)[C@H]1CCS(=O)(=O)C1. The molecule has 1 aromatic rings. The number of nitrogens with zero attached hydrogens (tertiary/aromatic N) is 2. The smallest absolute Gasteiger partial charge is 0.317 e. The summed E-state index contributed by atoms with van der Waals surface area (Å²) in [4.78, 5) is 22.7. The summed E-state index contributed by atoms with van der Waals surface area (Å²) >= 11 is 0. The predicted octanol–water partition coefficient (Wildman–Crippen LogP) is 0.669. The van der Waals surface area contributed by atoms with Crippen molar-refractivity contribution in [1.29, 1.82) is 0 Å². The van der Waals surface area contributed by atoms with Gasteiger partial charge in [0.05, 0.1) is 23.0 Å². The molecule has 1 aliphatic rings. The van der Waals surface area contributed by atoms with Crippen LogP contribution in [0.15, 0.2) is 24.3 Å². The number of hydrogen-bond donors (Lipinski definition) is 1. The third kappa shape index (κ3) is 4.25. The summed E-state index contributed by atoms with van der Waals surface area (Å²) in [6.07, 6.45) is 0.405. The van der Waals surface area contributed by atoms with Gasteiger partial charge in [0.25, 0.3) is 5.69 Å². The Labute approximate surface area is 127 Å². The van der Waals surface area contributed by atoms with Crippen molar-refractivity contribution in [1.82, 2.24) is 4.90 Å². The van der Waals surface area contributed by atoms with Crippen LogP contribution in [-0.2, 0) is 21.2 Å². The molecule has 0 saturated carbocycles. The highest BCUT2D eigenvalue weighted by molar-refractivity contribution is 7.91. The van der Waals surface area contributed by atoms with E-state index in [1.165, 1.54) is 12.1 Å². The summed E-state index contributed by atoms with van der Waals surface area (Å²) in [5.74, 6) is -1.02. The van der Waals surface area contributed by atoms with Gasteiger partial charge >= 0.3 is 5.97 Å². The standard InChI is InChI=1S/C13H16N2O6S/c16-13(17)8-14(12-5-6-22(20,21)9-12)7-10-1-3-11(4-2-10)15(18)19/h1-4,12H,5-9H2,(H,16,17)/t12-/m0/s1. The molecule has 1 saturated heterocycles. The van der Waals surface area contributed by atoms with Crippen molar-refractivity contribution in [3.8, 4) is 0 Å². The van der Waals surface area contributed by atoms with Crippen LogP contribution in [0.25, 0.3) is 0 Å². The molecule has 1 heterocycles. The molecule has 1 atom stereocenters. The van der Waals surface area contributed by atoms with Gasteiger partial charge in [0.2, 0.25) is 0 Å². The van der Waals surface area contributed by atoms with E-state index in [0.29, 0.717) is 12.0 Å². The van der Waals surface area contributed by atoms with Gasteiger partial charge in [-0.1, -0.05) is 12.1 Å². The second-order valence-corrected chi connectivity index (χ2v) is 7.51. The van der Waals surface area contributed by atoms with Crippen LogP contribution in [0.2, 0.25) is 0 Å². The van der Waals surface area contributed by atoms with E-state index >= 15 is 0 Å². The molecule has 0 amide bonds. The van der Waals surface area contributed by atoms with Crippen LogP contribution >= 0.6 is 0 Å². The molecule has 9 heteroatoms. The van der Waals surface area contributed by atoms with Crippen LogP contribution in [-0.4, -0.2) is 53.4 Å². The molecule has 1 N–H and O–H groups in total. The van der Waals surface area contributed by atoms with E-state index in [1.54, 1.807) is 17.0 Å². The Morgan fingerprint density at radius 1 is 1.36 bits per heavy atom. The van der Waals surface area contributed by atoms with E-state index in [2.05, 4.69) is 0 Å². The van der Waals surface area contributed by atoms with E-state index in [-0.39, 0.29) is 36.3 Å². The Morgan fingerprint density at radius 2 is 2.00 bits per heavy atom. The first kappa shape index (κ1) is 16.4. The molecule has 1 aliphatic heterocycles. The van der Waals surface area contributed by atoms with Gasteiger partial charge in [0.1, 0.15) is 0 Å². The number of benzene rings is 1. The number of sulfone groups is 1. The fourth-order valence-electron chi connectivity index (χ4n) is 2.51. The molecule has 0 aromatic heterocycles. The second kappa shape index (κ2) is 6.41. The number of rotatable bonds is 6. The number of aliphatic carboxylic acids is 1. The highest BCUT2D eigenvalue weighted by Crippen LogP contribution is 2.21. The largest absolute Gasteiger partial charge is 0.480 e. The van der Waals surface area contributed by atoms with Crippen LogP contribution in [0.1, 0.15) is 12.0 Å². The maximum atomic E-state index is 11.6. The number of nitro groups is 1. The fraction of sp³-hybridized carbons (Fsp3) is 0.462. The van der Waals surface area contributed by atoms with Crippen LogP contribution in [0.5, 0.6) is 0 Å². The molecule has 0 radical (unpaired) electrons. The highest BCUT2D eigenvalue weighted by atomic mass is 32.2. The minimum Gasteiger partial charge on any atom is -0.480 e. The van der Waals surface area contributed by atoms with E-state index in [4.69, 9.17) is 5.11 Å². The lowest BCUT2D eigenvalue weighted by Gasteiger charge is -2.26. The van der Waals surface area contributed by atoms with Crippen molar-refractivity contribution in [3.63, 3.8) is 0 Å². The van der Waals surface area contributed by atoms with E-state index < -0.39 is 20.7 Å². The van der Waals surface area contributed by atoms with Gasteiger partial charge in [0, 0.05) is 24.7 Å². The lowest BCUT2D eigenvalue weighted by atomic mass is 10.1. The summed E-state index contributed by atoms with van der Waals surface area (Å²) in [7, 11) is -3.11. The van der Waals surface area contributed by atoms with Gasteiger partial charge in [-0.05, 0) is 12.0 Å². The molecule has 0 spiro atoms. The molecular formula is C13H16N2O6S. The highest BCUT2D eigenvalue weighted by Gasteiger charge is 2.33. The van der Waals surface area contributed by atoms with Crippen LogP contribution < -0.4 is 0 Å². The van der Waals surface area contributed by atoms with Gasteiger partial charge in [-0.25, -0.2) is 8.42 Å². The maximum Gasteiger partial charge on any atom is 0.317 e. The molecule has 1 aromatic carbocycles. The zero-order valence-electron chi connectivity index (χ0n) is 11.7. The molecule has 2 rings (SSSR count). The van der Waals surface area contributed by atoms with Crippen LogP contribution in [0, 0.1) is 10.1 Å². The summed E-state index contributed by atoms with van der Waals surface area (Å²) in [6.45, 7) is -0.0261. The normalized spacial score (nSPS) is 20.1. The zero-order valence-corrected chi connectivity index (χ0v) is 12.5. The summed E-state index contributed by atoms with van der Waals surface area (Å²) in [5.41, 5.74) is 0.660. The number of nitro benzene ring substituents is 1. The molecule has 22 heavy (non-hydrogen) atoms. The lowest BCUT2D eigenvalue weighted by molar-refractivity contribution is -0.384. The number of non-ortho nitro benzene ring substituents is 1. The van der Waals surface area contributed by atoms with Crippen molar-refractivity contribution < 1.29 is 23.2 Å². The molecule has 1 fully saturated rings. The number of hydrogen-bond acceptors (Lipinski definition) is 6. The van der Waals surface area contributed by atoms with Crippen molar-refractivity contribution in [2.45, 2.75) is 19.0 Å². The molecule has 0 bridgehead atoms. The summed E-state index contributed by atoms with van der Waals surface area (Å²) in [6, 6.07) is 5.46. The minimum absolute atomic E-state index is 0.0445. The molecular weight excluding hydrogens is 312 g/mol. The molecule has 120 valence electrons. The quantitative estimate of drug-likeness (QED) is 0.602. The van der Waals surface area contributed by atoms with Gasteiger partial charge in [-0.15, -0.1) is 0 Å². The maximum absolute atomic E-state index is 11.6. The summed E-state index contributed by atoms with van der Waals surface area (Å²) < 4.78 is 23.1. The third-order valence-electron chi connectivity index (χ3n) is 3.60. The monoisotopic (exact) mass is 328 g/mol. The third-order valence-corrected chi connectivity index (χ3v) is 5.35. The Balaban J connectivity index is 2.12. The molecule has 0 unspecified atom stereocenters. The number of carbonyl (C=O) groups is 1. The summed E-state index contributed by atoms with van der Waals surface area (Å²) in [5, 5.41) is 19.6. The van der Waals surface area contributed by atoms with E-state index in [0.717, 1.165) is 0 Å². The first-order chi connectivity index (χ1) is 10.3. The molecule has 0 aliphatic carbocycles. The first-order valence-corrected chi connectivity index (χ1v) is 8.48. The van der Waals surface area contributed by atoms with E-state index in [1.807, 2.05) is 0 Å². The van der Waals surface area contributed by atoms with Crippen molar-refractivity contribution in [2.24, 2.45) is 0 Å². The van der Waals surface area contributed by atoms with Crippen molar-refractivity contribution in [2.75, 3.05) is 18.1 Å². The lowest BCUT2D eigenvalue weighted by Crippen LogP contribution is -2.39. The zero-order chi connectivity index (χ0) is 16.3. The topological polar surface area (TPSA) is 118 Å². The first-order valence-electron chi connectivity index (χ1n) is 6.66. The predicted molar refractivity (Wildman–Crippen MR) is 78.2 cm³/mol. The second-order valence-electron chi connectivity index (χ2n) is 5.28. The van der Waals surface area contributed by atoms with Crippen LogP contribution in [0.3, 0.4) is 0 Å². The molecule has 8 nitrogen and oxygen atoms in total. The van der Waals surface area contributed by atoms with Crippen molar-refractivity contribution in [3.05, 3.63) is 39.9 Å². The number of carboxylic acids is 1. The van der Waals surface area contributed by atoms with Gasteiger partial charge < -0.3 is 5.11 Å². The van der Waals surface area contributed by atoms with Gasteiger partial charge in [-0.3, -0.25) is 19.8 Å². The fourth-order valence-corrected chi connectivity index (χ4v) is 4.27. The number of carboxylic acid groups (broad SMARTS) is 1. The van der Waals surface area contributed by atoms with Crippen LogP contribution in [0.4, 0.5) is 5.69 Å².